The third-order valence-corrected chi connectivity index (χ3v) is 6.43. The van der Waals surface area contributed by atoms with E-state index in [1.54, 1.807) is 0 Å². The number of aromatic nitrogens is 3. The Hall–Kier alpha value is -2.12. The van der Waals surface area contributed by atoms with Crippen LogP contribution in [0.3, 0.4) is 0 Å². The molecule has 0 atom stereocenters. The first-order valence-electron chi connectivity index (χ1n) is 8.62. The van der Waals surface area contributed by atoms with Crippen molar-refractivity contribution < 1.29 is 4.79 Å². The Morgan fingerprint density at radius 1 is 1.27 bits per heavy atom. The van der Waals surface area contributed by atoms with E-state index < -0.39 is 0 Å². The fourth-order valence-electron chi connectivity index (χ4n) is 3.12. The minimum absolute atomic E-state index is 0.155. The van der Waals surface area contributed by atoms with Crippen molar-refractivity contribution in [1.82, 2.24) is 14.8 Å². The Morgan fingerprint density at radius 3 is 2.77 bits per heavy atom. The maximum Gasteiger partial charge on any atom is 0.210 e. The SMILES string of the molecule is Cc1cc(C(=O)CSc2nnc(Nc3ccccc3)s2)c(C)n1C1CC1. The molecule has 1 aliphatic carbocycles. The zero-order valence-corrected chi connectivity index (χ0v) is 16.4. The summed E-state index contributed by atoms with van der Waals surface area (Å²) >= 11 is 2.91. The molecule has 1 saturated carbocycles. The molecule has 0 bridgehead atoms. The molecule has 0 unspecified atom stereocenters. The van der Waals surface area contributed by atoms with Gasteiger partial charge in [0.25, 0.3) is 0 Å². The van der Waals surface area contributed by atoms with Crippen LogP contribution in [0, 0.1) is 13.8 Å². The highest BCUT2D eigenvalue weighted by molar-refractivity contribution is 8.01. The second kappa shape index (κ2) is 7.25. The molecule has 2 aromatic heterocycles. The summed E-state index contributed by atoms with van der Waals surface area (Å²) < 4.78 is 3.11. The average Bonchev–Trinajstić information content (AvgIpc) is 3.29. The van der Waals surface area contributed by atoms with Gasteiger partial charge in [-0.05, 0) is 44.9 Å². The van der Waals surface area contributed by atoms with E-state index in [9.17, 15) is 4.79 Å². The van der Waals surface area contributed by atoms with Crippen LogP contribution in [0.5, 0.6) is 0 Å². The largest absolute Gasteiger partial charge is 0.345 e. The first-order chi connectivity index (χ1) is 12.6. The molecule has 7 heteroatoms. The minimum Gasteiger partial charge on any atom is -0.345 e. The van der Waals surface area contributed by atoms with Gasteiger partial charge >= 0.3 is 0 Å². The molecule has 0 amide bonds. The molecule has 1 aliphatic rings. The van der Waals surface area contributed by atoms with E-state index in [0.717, 1.165) is 26.4 Å². The summed E-state index contributed by atoms with van der Waals surface area (Å²) in [4.78, 5) is 12.7. The fraction of sp³-hybridized carbons (Fsp3) is 0.316. The van der Waals surface area contributed by atoms with Gasteiger partial charge in [0, 0.05) is 28.7 Å². The predicted molar refractivity (Wildman–Crippen MR) is 107 cm³/mol. The van der Waals surface area contributed by atoms with Crippen LogP contribution >= 0.6 is 23.1 Å². The number of para-hydroxylation sites is 1. The normalized spacial score (nSPS) is 13.8. The number of carbonyl (C=O) groups excluding carboxylic acids is 1. The monoisotopic (exact) mass is 384 g/mol. The van der Waals surface area contributed by atoms with Gasteiger partial charge in [-0.15, -0.1) is 10.2 Å². The van der Waals surface area contributed by atoms with Gasteiger partial charge < -0.3 is 9.88 Å². The predicted octanol–water partition coefficient (Wildman–Crippen LogP) is 5.01. The number of nitrogens with zero attached hydrogens (tertiary/aromatic N) is 3. The number of thioether (sulfide) groups is 1. The quantitative estimate of drug-likeness (QED) is 0.458. The summed E-state index contributed by atoms with van der Waals surface area (Å²) in [6, 6.07) is 12.5. The Balaban J connectivity index is 1.38. The van der Waals surface area contributed by atoms with Gasteiger partial charge in [-0.25, -0.2) is 0 Å². The number of nitrogens with one attached hydrogen (secondary N) is 1. The Bertz CT molecular complexity index is 928. The van der Waals surface area contributed by atoms with Crippen molar-refractivity contribution in [2.24, 2.45) is 0 Å². The highest BCUT2D eigenvalue weighted by Gasteiger charge is 2.28. The molecule has 5 nitrogen and oxygen atoms in total. The smallest absolute Gasteiger partial charge is 0.210 e. The lowest BCUT2D eigenvalue weighted by Gasteiger charge is -2.07. The molecule has 1 N–H and O–H groups in total. The molecule has 0 aliphatic heterocycles. The number of Topliss-reactive ketones (excluding diaryl/α,β-unsaturated/α-hetero) is 1. The van der Waals surface area contributed by atoms with Crippen LogP contribution in [0.15, 0.2) is 40.7 Å². The molecule has 1 aromatic carbocycles. The van der Waals surface area contributed by atoms with Crippen LogP contribution in [-0.2, 0) is 0 Å². The third kappa shape index (κ3) is 3.68. The molecule has 4 rings (SSSR count). The number of hydrogen-bond acceptors (Lipinski definition) is 6. The topological polar surface area (TPSA) is 59.8 Å². The summed E-state index contributed by atoms with van der Waals surface area (Å²) in [5.41, 5.74) is 4.10. The molecular formula is C19H20N4OS2. The minimum atomic E-state index is 0.155. The first-order valence-corrected chi connectivity index (χ1v) is 10.4. The second-order valence-electron chi connectivity index (χ2n) is 6.46. The highest BCUT2D eigenvalue weighted by Crippen LogP contribution is 2.38. The van der Waals surface area contributed by atoms with Crippen molar-refractivity contribution in [1.29, 1.82) is 0 Å². The van der Waals surface area contributed by atoms with Gasteiger partial charge in [-0.3, -0.25) is 4.79 Å². The van der Waals surface area contributed by atoms with Crippen molar-refractivity contribution in [2.45, 2.75) is 37.1 Å². The molecule has 0 saturated heterocycles. The van der Waals surface area contributed by atoms with E-state index in [1.165, 1.54) is 41.6 Å². The van der Waals surface area contributed by atoms with Gasteiger partial charge in [0.15, 0.2) is 10.1 Å². The van der Waals surface area contributed by atoms with Gasteiger partial charge in [0.1, 0.15) is 0 Å². The molecular weight excluding hydrogens is 364 g/mol. The molecule has 2 heterocycles. The Morgan fingerprint density at radius 2 is 2.04 bits per heavy atom. The zero-order chi connectivity index (χ0) is 18.1. The Kier molecular flexibility index (Phi) is 4.82. The lowest BCUT2D eigenvalue weighted by atomic mass is 10.2. The van der Waals surface area contributed by atoms with Gasteiger partial charge in [-0.1, -0.05) is 41.3 Å². The maximum absolute atomic E-state index is 12.7. The number of carbonyl (C=O) groups is 1. The van der Waals surface area contributed by atoms with Crippen LogP contribution < -0.4 is 5.32 Å². The van der Waals surface area contributed by atoms with Crippen molar-refractivity contribution >= 4 is 39.7 Å². The molecule has 3 aromatic rings. The van der Waals surface area contributed by atoms with E-state index in [1.807, 2.05) is 36.4 Å². The second-order valence-corrected chi connectivity index (χ2v) is 8.66. The summed E-state index contributed by atoms with van der Waals surface area (Å²) in [5.74, 6) is 0.539. The van der Waals surface area contributed by atoms with Gasteiger partial charge in [-0.2, -0.15) is 0 Å². The van der Waals surface area contributed by atoms with Gasteiger partial charge in [0.2, 0.25) is 5.13 Å². The molecule has 26 heavy (non-hydrogen) atoms. The van der Waals surface area contributed by atoms with E-state index in [2.05, 4.69) is 33.9 Å². The standard InChI is InChI=1S/C19H20N4OS2/c1-12-10-16(13(2)23(12)15-8-9-15)17(24)11-25-19-22-21-18(26-19)20-14-6-4-3-5-7-14/h3-7,10,15H,8-9,11H2,1-2H3,(H,20,21). The molecule has 0 spiro atoms. The van der Waals surface area contributed by atoms with Crippen LogP contribution in [0.1, 0.15) is 40.6 Å². The van der Waals surface area contributed by atoms with E-state index >= 15 is 0 Å². The molecule has 134 valence electrons. The van der Waals surface area contributed by atoms with E-state index in [-0.39, 0.29) is 5.78 Å². The number of hydrogen-bond donors (Lipinski definition) is 1. The maximum atomic E-state index is 12.7. The number of benzene rings is 1. The third-order valence-electron chi connectivity index (χ3n) is 4.46. The Labute approximate surface area is 160 Å². The molecule has 0 radical (unpaired) electrons. The number of aryl methyl sites for hydroxylation is 1. The number of anilines is 2. The highest BCUT2D eigenvalue weighted by atomic mass is 32.2. The van der Waals surface area contributed by atoms with Crippen LogP contribution in [0.25, 0.3) is 0 Å². The summed E-state index contributed by atoms with van der Waals surface area (Å²) in [6.45, 7) is 4.14. The summed E-state index contributed by atoms with van der Waals surface area (Å²) in [6.07, 6.45) is 2.45. The summed E-state index contributed by atoms with van der Waals surface area (Å²) in [7, 11) is 0. The van der Waals surface area contributed by atoms with Crippen LogP contribution in [-0.4, -0.2) is 26.3 Å². The lowest BCUT2D eigenvalue weighted by molar-refractivity contribution is 0.102. The molecule has 1 fully saturated rings. The van der Waals surface area contributed by atoms with Crippen molar-refractivity contribution in [3.8, 4) is 0 Å². The zero-order valence-electron chi connectivity index (χ0n) is 14.7. The van der Waals surface area contributed by atoms with Crippen LogP contribution in [0.2, 0.25) is 0 Å². The average molecular weight is 385 g/mol. The number of rotatable bonds is 7. The lowest BCUT2D eigenvalue weighted by Crippen LogP contribution is -2.05. The first kappa shape index (κ1) is 17.3. The van der Waals surface area contributed by atoms with Crippen molar-refractivity contribution in [3.63, 3.8) is 0 Å². The summed E-state index contributed by atoms with van der Waals surface area (Å²) in [5, 5.41) is 12.3. The van der Waals surface area contributed by atoms with E-state index in [0.29, 0.717) is 11.8 Å². The number of ketones is 1. The van der Waals surface area contributed by atoms with Crippen molar-refractivity contribution in [3.05, 3.63) is 53.3 Å². The van der Waals surface area contributed by atoms with E-state index in [4.69, 9.17) is 0 Å². The van der Waals surface area contributed by atoms with Gasteiger partial charge in [0.05, 0.1) is 5.75 Å². The van der Waals surface area contributed by atoms with Crippen molar-refractivity contribution in [2.75, 3.05) is 11.1 Å². The fourth-order valence-corrected chi connectivity index (χ4v) is 4.78. The van der Waals surface area contributed by atoms with Crippen LogP contribution in [0.4, 0.5) is 10.8 Å².